The van der Waals surface area contributed by atoms with Gasteiger partial charge in [0, 0.05) is 5.56 Å². The monoisotopic (exact) mass is 254 g/mol. The zero-order valence-electron chi connectivity index (χ0n) is 10.9. The molecule has 3 heteroatoms. The van der Waals surface area contributed by atoms with Crippen molar-refractivity contribution in [3.8, 4) is 0 Å². The van der Waals surface area contributed by atoms with E-state index in [9.17, 15) is 4.79 Å². The van der Waals surface area contributed by atoms with Gasteiger partial charge in [0.2, 0.25) is 5.91 Å². The van der Waals surface area contributed by atoms with Crippen molar-refractivity contribution >= 4 is 16.7 Å². The van der Waals surface area contributed by atoms with E-state index in [-0.39, 0.29) is 5.91 Å². The zero-order valence-corrected chi connectivity index (χ0v) is 10.9. The first kappa shape index (κ1) is 12.2. The van der Waals surface area contributed by atoms with Crippen LogP contribution in [-0.2, 0) is 0 Å². The van der Waals surface area contributed by atoms with Gasteiger partial charge in [0.05, 0.1) is 0 Å². The Hall–Kier alpha value is -1.87. The van der Waals surface area contributed by atoms with E-state index in [1.165, 1.54) is 10.9 Å². The van der Waals surface area contributed by atoms with Crippen LogP contribution < -0.4 is 11.1 Å². The van der Waals surface area contributed by atoms with Crippen molar-refractivity contribution in [3.05, 3.63) is 47.5 Å². The number of nitrogens with two attached hydrogens (primary N) is 1. The zero-order chi connectivity index (χ0) is 13.2. The van der Waals surface area contributed by atoms with Crippen molar-refractivity contribution < 1.29 is 4.79 Å². The predicted molar refractivity (Wildman–Crippen MR) is 77.3 cm³/mol. The van der Waals surface area contributed by atoms with Gasteiger partial charge in [-0.05, 0) is 54.3 Å². The third-order valence-electron chi connectivity index (χ3n) is 4.00. The molecule has 19 heavy (non-hydrogen) atoms. The van der Waals surface area contributed by atoms with E-state index in [4.69, 9.17) is 5.73 Å². The SMILES string of the molecule is NC(=O)c1cccc2c(C3CCNCC3)cccc12. The van der Waals surface area contributed by atoms with Gasteiger partial charge in [0.15, 0.2) is 0 Å². The quantitative estimate of drug-likeness (QED) is 0.864. The molecular weight excluding hydrogens is 236 g/mol. The molecule has 0 radical (unpaired) electrons. The summed E-state index contributed by atoms with van der Waals surface area (Å²) >= 11 is 0. The van der Waals surface area contributed by atoms with Crippen LogP contribution in [0.25, 0.3) is 10.8 Å². The van der Waals surface area contributed by atoms with Gasteiger partial charge in [-0.1, -0.05) is 30.3 Å². The van der Waals surface area contributed by atoms with E-state index in [2.05, 4.69) is 17.4 Å². The van der Waals surface area contributed by atoms with E-state index in [0.717, 1.165) is 31.3 Å². The normalized spacial score (nSPS) is 16.6. The standard InChI is InChI=1S/C16H18N2O/c17-16(19)15-6-2-4-13-12(3-1-5-14(13)15)11-7-9-18-10-8-11/h1-6,11,18H,7-10H2,(H2,17,19). The lowest BCUT2D eigenvalue weighted by molar-refractivity contribution is 0.100. The minimum atomic E-state index is -0.354. The number of piperidine rings is 1. The third-order valence-corrected chi connectivity index (χ3v) is 4.00. The summed E-state index contributed by atoms with van der Waals surface area (Å²) in [6, 6.07) is 12.0. The summed E-state index contributed by atoms with van der Waals surface area (Å²) in [6.07, 6.45) is 2.31. The van der Waals surface area contributed by atoms with Gasteiger partial charge in [-0.3, -0.25) is 4.79 Å². The first-order valence-corrected chi connectivity index (χ1v) is 6.79. The molecule has 1 fully saturated rings. The molecule has 3 nitrogen and oxygen atoms in total. The van der Waals surface area contributed by atoms with Crippen LogP contribution in [0, 0.1) is 0 Å². The maximum atomic E-state index is 11.5. The summed E-state index contributed by atoms with van der Waals surface area (Å²) in [5.41, 5.74) is 7.43. The number of hydrogen-bond donors (Lipinski definition) is 2. The number of carbonyl (C=O) groups is 1. The highest BCUT2D eigenvalue weighted by atomic mass is 16.1. The van der Waals surface area contributed by atoms with Crippen LogP contribution in [0.5, 0.6) is 0 Å². The van der Waals surface area contributed by atoms with E-state index in [0.29, 0.717) is 11.5 Å². The molecule has 1 saturated heterocycles. The second-order valence-corrected chi connectivity index (χ2v) is 5.14. The highest BCUT2D eigenvalue weighted by molar-refractivity contribution is 6.07. The fourth-order valence-corrected chi connectivity index (χ4v) is 3.04. The molecule has 0 saturated carbocycles. The largest absolute Gasteiger partial charge is 0.366 e. The van der Waals surface area contributed by atoms with Crippen molar-refractivity contribution in [2.75, 3.05) is 13.1 Å². The fourth-order valence-electron chi connectivity index (χ4n) is 3.04. The molecule has 1 heterocycles. The number of carbonyl (C=O) groups excluding carboxylic acids is 1. The molecule has 2 aromatic carbocycles. The molecule has 0 atom stereocenters. The Kier molecular flexibility index (Phi) is 3.22. The Balaban J connectivity index is 2.15. The molecule has 1 aliphatic rings. The van der Waals surface area contributed by atoms with Gasteiger partial charge in [0.25, 0.3) is 0 Å². The molecule has 0 spiro atoms. The number of benzene rings is 2. The molecule has 1 amide bonds. The van der Waals surface area contributed by atoms with Gasteiger partial charge >= 0.3 is 0 Å². The minimum Gasteiger partial charge on any atom is -0.366 e. The van der Waals surface area contributed by atoms with E-state index >= 15 is 0 Å². The third kappa shape index (κ3) is 2.22. The first-order chi connectivity index (χ1) is 9.27. The van der Waals surface area contributed by atoms with Crippen LogP contribution in [0.4, 0.5) is 0 Å². The van der Waals surface area contributed by atoms with Crippen LogP contribution in [0.1, 0.15) is 34.7 Å². The van der Waals surface area contributed by atoms with Crippen molar-refractivity contribution in [1.82, 2.24) is 5.32 Å². The predicted octanol–water partition coefficient (Wildman–Crippen LogP) is 2.41. The Morgan fingerprint density at radius 2 is 1.74 bits per heavy atom. The number of fused-ring (bicyclic) bond motifs is 1. The Morgan fingerprint density at radius 3 is 2.47 bits per heavy atom. The lowest BCUT2D eigenvalue weighted by Gasteiger charge is -2.24. The topological polar surface area (TPSA) is 55.1 Å². The number of amides is 1. The first-order valence-electron chi connectivity index (χ1n) is 6.79. The summed E-state index contributed by atoms with van der Waals surface area (Å²) in [5.74, 6) is 0.223. The Bertz CT molecular complexity index is 615. The Labute approximate surface area is 112 Å². The number of primary amides is 1. The number of nitrogens with one attached hydrogen (secondary N) is 1. The van der Waals surface area contributed by atoms with E-state index in [1.807, 2.05) is 18.2 Å². The molecule has 0 aromatic heterocycles. The molecule has 1 aliphatic heterocycles. The molecule has 0 unspecified atom stereocenters. The van der Waals surface area contributed by atoms with Crippen molar-refractivity contribution in [1.29, 1.82) is 0 Å². The Morgan fingerprint density at radius 1 is 1.05 bits per heavy atom. The van der Waals surface area contributed by atoms with Gasteiger partial charge < -0.3 is 11.1 Å². The molecular formula is C16H18N2O. The summed E-state index contributed by atoms with van der Waals surface area (Å²) in [4.78, 5) is 11.5. The average molecular weight is 254 g/mol. The maximum absolute atomic E-state index is 11.5. The van der Waals surface area contributed by atoms with Gasteiger partial charge in [-0.15, -0.1) is 0 Å². The summed E-state index contributed by atoms with van der Waals surface area (Å²) in [6.45, 7) is 2.13. The molecule has 0 bridgehead atoms. The number of rotatable bonds is 2. The highest BCUT2D eigenvalue weighted by Gasteiger charge is 2.18. The van der Waals surface area contributed by atoms with E-state index < -0.39 is 0 Å². The molecule has 3 rings (SSSR count). The highest BCUT2D eigenvalue weighted by Crippen LogP contribution is 2.32. The lowest BCUT2D eigenvalue weighted by Crippen LogP contribution is -2.26. The van der Waals surface area contributed by atoms with Gasteiger partial charge in [0.1, 0.15) is 0 Å². The summed E-state index contributed by atoms with van der Waals surface area (Å²) in [7, 11) is 0. The lowest BCUT2D eigenvalue weighted by atomic mass is 9.86. The molecule has 2 aromatic rings. The summed E-state index contributed by atoms with van der Waals surface area (Å²) < 4.78 is 0. The second kappa shape index (κ2) is 5.02. The molecule has 0 aliphatic carbocycles. The fraction of sp³-hybridized carbons (Fsp3) is 0.312. The molecule has 3 N–H and O–H groups in total. The molecule has 98 valence electrons. The van der Waals surface area contributed by atoms with Crippen LogP contribution in [0.15, 0.2) is 36.4 Å². The minimum absolute atomic E-state index is 0.354. The van der Waals surface area contributed by atoms with Gasteiger partial charge in [-0.2, -0.15) is 0 Å². The van der Waals surface area contributed by atoms with Crippen LogP contribution in [-0.4, -0.2) is 19.0 Å². The van der Waals surface area contributed by atoms with Crippen LogP contribution in [0.3, 0.4) is 0 Å². The van der Waals surface area contributed by atoms with Gasteiger partial charge in [-0.25, -0.2) is 0 Å². The van der Waals surface area contributed by atoms with Crippen molar-refractivity contribution in [3.63, 3.8) is 0 Å². The average Bonchev–Trinajstić information content (AvgIpc) is 2.46. The van der Waals surface area contributed by atoms with E-state index in [1.54, 1.807) is 6.07 Å². The van der Waals surface area contributed by atoms with Crippen LogP contribution in [0.2, 0.25) is 0 Å². The van der Waals surface area contributed by atoms with Crippen molar-refractivity contribution in [2.45, 2.75) is 18.8 Å². The number of hydrogen-bond acceptors (Lipinski definition) is 2. The van der Waals surface area contributed by atoms with Crippen LogP contribution >= 0.6 is 0 Å². The summed E-state index contributed by atoms with van der Waals surface area (Å²) in [5, 5.41) is 5.54. The van der Waals surface area contributed by atoms with Crippen molar-refractivity contribution in [2.24, 2.45) is 5.73 Å². The second-order valence-electron chi connectivity index (χ2n) is 5.14. The maximum Gasteiger partial charge on any atom is 0.249 e. The smallest absolute Gasteiger partial charge is 0.249 e.